The lowest BCUT2D eigenvalue weighted by Gasteiger charge is -2.28. The van der Waals surface area contributed by atoms with Crippen molar-refractivity contribution in [2.24, 2.45) is 4.99 Å². The molecule has 0 radical (unpaired) electrons. The van der Waals surface area contributed by atoms with Crippen molar-refractivity contribution < 1.29 is 14.6 Å². The van der Waals surface area contributed by atoms with Crippen LogP contribution in [0, 0.1) is 6.57 Å². The number of nitrogens with zero attached hydrogens (tertiary/aromatic N) is 2. The van der Waals surface area contributed by atoms with E-state index < -0.39 is 12.0 Å². The maximum atomic E-state index is 13.5. The van der Waals surface area contributed by atoms with Crippen LogP contribution < -0.4 is 10.1 Å². The minimum Gasteiger partial charge on any atom is -0.495 e. The molecule has 1 aliphatic heterocycles. The molecule has 1 heterocycles. The zero-order valence-corrected chi connectivity index (χ0v) is 19.5. The molecule has 8 heteroatoms. The fourth-order valence-electron chi connectivity index (χ4n) is 3.51. The summed E-state index contributed by atoms with van der Waals surface area (Å²) < 4.78 is 6.17. The highest BCUT2D eigenvalue weighted by molar-refractivity contribution is 9.10. The van der Waals surface area contributed by atoms with Crippen LogP contribution in [0.15, 0.2) is 69.3 Å². The van der Waals surface area contributed by atoms with E-state index in [4.69, 9.17) is 11.3 Å². The van der Waals surface area contributed by atoms with Gasteiger partial charge in [-0.3, -0.25) is 4.79 Å². The smallest absolute Gasteiger partial charge is 0.282 e. The van der Waals surface area contributed by atoms with Gasteiger partial charge in [-0.25, -0.2) is 11.6 Å². The highest BCUT2D eigenvalue weighted by atomic mass is 79.9. The number of nitrogens with one attached hydrogen (secondary N) is 1. The Balaban J connectivity index is 2.10. The summed E-state index contributed by atoms with van der Waals surface area (Å²) in [6.07, 6.45) is 0. The predicted octanol–water partition coefficient (Wildman–Crippen LogP) is 4.88. The van der Waals surface area contributed by atoms with Crippen LogP contribution >= 0.6 is 27.7 Å². The second-order valence-electron chi connectivity index (χ2n) is 6.75. The number of carbonyl (C=O) groups excluding carboxylic acids is 1. The van der Waals surface area contributed by atoms with Crippen molar-refractivity contribution in [2.75, 3.05) is 24.8 Å². The fourth-order valence-corrected chi connectivity index (χ4v) is 4.90. The van der Waals surface area contributed by atoms with Crippen molar-refractivity contribution >= 4 is 44.3 Å². The van der Waals surface area contributed by atoms with Gasteiger partial charge in [0.25, 0.3) is 11.9 Å². The Bertz CT molecular complexity index is 1080. The number of anilines is 1. The van der Waals surface area contributed by atoms with Crippen LogP contribution in [0.25, 0.3) is 4.85 Å². The number of hydrogen-bond donors (Lipinski definition) is 2. The van der Waals surface area contributed by atoms with E-state index in [-0.39, 0.29) is 12.5 Å². The first-order chi connectivity index (χ1) is 15.0. The molecule has 0 saturated carbocycles. The molecule has 2 aromatic rings. The van der Waals surface area contributed by atoms with Crippen molar-refractivity contribution in [1.82, 2.24) is 0 Å². The summed E-state index contributed by atoms with van der Waals surface area (Å²) in [7, 11) is 1.55. The van der Waals surface area contributed by atoms with Crippen LogP contribution in [0.5, 0.6) is 5.75 Å². The molecular formula is C23H22BrN3O3S. The van der Waals surface area contributed by atoms with E-state index in [1.807, 2.05) is 36.4 Å². The third kappa shape index (κ3) is 5.01. The molecule has 1 aliphatic rings. The molecule has 0 fully saturated rings. The Morgan fingerprint density at radius 3 is 2.68 bits per heavy atom. The molecule has 2 unspecified atom stereocenters. The van der Waals surface area contributed by atoms with E-state index >= 15 is 0 Å². The van der Waals surface area contributed by atoms with E-state index in [9.17, 15) is 9.90 Å². The lowest BCUT2D eigenvalue weighted by atomic mass is 9.82. The number of para-hydroxylation sites is 2. The zero-order chi connectivity index (χ0) is 22.4. The van der Waals surface area contributed by atoms with Gasteiger partial charge in [0.2, 0.25) is 0 Å². The van der Waals surface area contributed by atoms with E-state index in [1.54, 1.807) is 26.2 Å². The molecule has 1 amide bonds. The van der Waals surface area contributed by atoms with Crippen LogP contribution in [0.1, 0.15) is 18.4 Å². The Hall–Kier alpha value is -2.60. The summed E-state index contributed by atoms with van der Waals surface area (Å²) in [5.74, 6) is 0.142. The summed E-state index contributed by atoms with van der Waals surface area (Å²) in [5, 5.41) is 12.8. The maximum absolute atomic E-state index is 13.5. The van der Waals surface area contributed by atoms with Crippen LogP contribution in [-0.2, 0) is 4.79 Å². The molecule has 160 valence electrons. The van der Waals surface area contributed by atoms with Crippen LogP contribution in [-0.4, -0.2) is 41.6 Å². The number of thioether (sulfide) groups is 1. The normalized spacial score (nSPS) is 18.2. The van der Waals surface area contributed by atoms with Crippen molar-refractivity contribution in [1.29, 1.82) is 0 Å². The first-order valence-corrected chi connectivity index (χ1v) is 11.4. The third-order valence-electron chi connectivity index (χ3n) is 4.87. The van der Waals surface area contributed by atoms with E-state index in [1.165, 1.54) is 11.8 Å². The number of carbonyl (C=O) groups is 1. The molecule has 6 nitrogen and oxygen atoms in total. The molecule has 2 atom stereocenters. The predicted molar refractivity (Wildman–Crippen MR) is 129 cm³/mol. The van der Waals surface area contributed by atoms with Crippen LogP contribution in [0.2, 0.25) is 0 Å². The first kappa shape index (κ1) is 23.1. The number of rotatable bonds is 6. The number of amides is 1. The number of hydrogen-bond acceptors (Lipinski definition) is 5. The Kier molecular flexibility index (Phi) is 7.91. The van der Waals surface area contributed by atoms with Crippen molar-refractivity contribution in [3.63, 3.8) is 0 Å². The highest BCUT2D eigenvalue weighted by Gasteiger charge is 2.43. The quantitative estimate of drug-likeness (QED) is 0.555. The molecule has 3 rings (SSSR count). The minimum atomic E-state index is -0.669. The van der Waals surface area contributed by atoms with Gasteiger partial charge >= 0.3 is 0 Å². The zero-order valence-electron chi connectivity index (χ0n) is 17.1. The number of benzene rings is 2. The van der Waals surface area contributed by atoms with E-state index in [0.29, 0.717) is 33.5 Å². The summed E-state index contributed by atoms with van der Waals surface area (Å²) in [4.78, 5) is 21.9. The van der Waals surface area contributed by atoms with E-state index in [0.717, 1.165) is 10.0 Å². The van der Waals surface area contributed by atoms with Crippen molar-refractivity contribution in [2.45, 2.75) is 18.9 Å². The van der Waals surface area contributed by atoms with Gasteiger partial charge in [-0.1, -0.05) is 46.3 Å². The lowest BCUT2D eigenvalue weighted by Crippen LogP contribution is -2.34. The molecule has 0 saturated heterocycles. The lowest BCUT2D eigenvalue weighted by molar-refractivity contribution is -0.113. The molecule has 0 aromatic heterocycles. The standard InChI is InChI=1S/C23H22BrN3O3S/c1-14-19(22(29)27-17-10-6-7-11-18(17)30-3)20(15-8-4-5-9-16(15)24)21(25-2)23(26-14)31-13-12-28/h4-11,20-21,28H,12-13H2,1,3H3,(H,27,29). The number of aliphatic hydroxyl groups excluding tert-OH is 1. The minimum absolute atomic E-state index is 0.0159. The van der Waals surface area contributed by atoms with Gasteiger partial charge in [0, 0.05) is 15.9 Å². The Labute approximate surface area is 194 Å². The Morgan fingerprint density at radius 2 is 2.00 bits per heavy atom. The molecule has 31 heavy (non-hydrogen) atoms. The maximum Gasteiger partial charge on any atom is 0.282 e. The van der Waals surface area contributed by atoms with Crippen LogP contribution in [0.3, 0.4) is 0 Å². The molecular weight excluding hydrogens is 478 g/mol. The molecule has 0 bridgehead atoms. The average Bonchev–Trinajstić information content (AvgIpc) is 2.77. The van der Waals surface area contributed by atoms with Gasteiger partial charge < -0.3 is 20.0 Å². The molecule has 2 aromatic carbocycles. The summed E-state index contributed by atoms with van der Waals surface area (Å²) in [6, 6.07) is 14.1. The number of allylic oxidation sites excluding steroid dienone is 1. The molecule has 0 spiro atoms. The molecule has 2 N–H and O–H groups in total. The number of aliphatic imine (C=N–C) groups is 1. The second kappa shape index (κ2) is 10.6. The monoisotopic (exact) mass is 499 g/mol. The number of ether oxygens (including phenoxy) is 1. The highest BCUT2D eigenvalue weighted by Crippen LogP contribution is 2.42. The van der Waals surface area contributed by atoms with Gasteiger partial charge in [-0.05, 0) is 30.7 Å². The van der Waals surface area contributed by atoms with Crippen molar-refractivity contribution in [3.8, 4) is 5.75 Å². The molecule has 0 aliphatic carbocycles. The Morgan fingerprint density at radius 1 is 1.29 bits per heavy atom. The number of methoxy groups -OCH3 is 1. The summed E-state index contributed by atoms with van der Waals surface area (Å²) in [5.41, 5.74) is 2.37. The SMILES string of the molecule is [C-]#[N+]C1C(SCCO)=NC(C)=C(C(=O)Nc2ccccc2OC)C1c1ccccc1Br. The van der Waals surface area contributed by atoms with Gasteiger partial charge in [-0.15, -0.1) is 11.8 Å². The first-order valence-electron chi connectivity index (χ1n) is 9.60. The van der Waals surface area contributed by atoms with Gasteiger partial charge in [0.15, 0.2) is 5.04 Å². The number of aliphatic hydroxyl groups is 1. The van der Waals surface area contributed by atoms with Gasteiger partial charge in [0.05, 0.1) is 30.9 Å². The topological polar surface area (TPSA) is 75.3 Å². The average molecular weight is 500 g/mol. The fraction of sp³-hybridized carbons (Fsp3) is 0.261. The summed E-state index contributed by atoms with van der Waals surface area (Å²) in [6.45, 7) is 9.64. The third-order valence-corrected chi connectivity index (χ3v) is 6.61. The van der Waals surface area contributed by atoms with Gasteiger partial charge in [0.1, 0.15) is 5.75 Å². The summed E-state index contributed by atoms with van der Waals surface area (Å²) >= 11 is 4.93. The number of halogens is 1. The van der Waals surface area contributed by atoms with Crippen molar-refractivity contribution in [3.05, 3.63) is 81.3 Å². The largest absolute Gasteiger partial charge is 0.495 e. The van der Waals surface area contributed by atoms with E-state index in [2.05, 4.69) is 31.1 Å². The second-order valence-corrected chi connectivity index (χ2v) is 8.72. The van der Waals surface area contributed by atoms with Crippen LogP contribution in [0.4, 0.5) is 5.69 Å². The van der Waals surface area contributed by atoms with Gasteiger partial charge in [-0.2, -0.15) is 0 Å².